The number of pyridine rings is 1. The van der Waals surface area contributed by atoms with Gasteiger partial charge in [0.05, 0.1) is 11.3 Å². The Bertz CT molecular complexity index is 900. The number of aromatic nitrogens is 3. The summed E-state index contributed by atoms with van der Waals surface area (Å²) in [6.45, 7) is 0. The van der Waals surface area contributed by atoms with Gasteiger partial charge in [0.25, 0.3) is 5.56 Å². The maximum Gasteiger partial charge on any atom is 0.418 e. The van der Waals surface area contributed by atoms with Crippen molar-refractivity contribution in [2.75, 3.05) is 5.32 Å². The zero-order chi connectivity index (χ0) is 15.9. The maximum absolute atomic E-state index is 13.0. The lowest BCUT2D eigenvalue weighted by atomic mass is 10.1. The summed E-state index contributed by atoms with van der Waals surface area (Å²) in [6, 6.07) is 3.26. The quantitative estimate of drug-likeness (QED) is 0.711. The lowest BCUT2D eigenvalue weighted by molar-refractivity contribution is -0.137. The van der Waals surface area contributed by atoms with Crippen molar-refractivity contribution >= 4 is 22.5 Å². The zero-order valence-electron chi connectivity index (χ0n) is 10.5. The Kier molecular flexibility index (Phi) is 3.08. The molecular formula is C12H6F4N4O2. The number of hydrogen-bond acceptors (Lipinski definition) is 5. The van der Waals surface area contributed by atoms with E-state index in [1.54, 1.807) is 0 Å². The molecule has 6 nitrogen and oxygen atoms in total. The molecule has 3 aromatic rings. The van der Waals surface area contributed by atoms with Gasteiger partial charge in [-0.25, -0.2) is 9.02 Å². The fourth-order valence-electron chi connectivity index (χ4n) is 1.85. The number of nitrogens with one attached hydrogen (secondary N) is 2. The van der Waals surface area contributed by atoms with Gasteiger partial charge in [-0.2, -0.15) is 13.2 Å². The Labute approximate surface area is 118 Å². The number of H-pyrrole nitrogens is 1. The molecule has 10 heteroatoms. The summed E-state index contributed by atoms with van der Waals surface area (Å²) in [7, 11) is 0. The van der Waals surface area contributed by atoms with Crippen molar-refractivity contribution in [3.63, 3.8) is 0 Å². The van der Waals surface area contributed by atoms with Crippen LogP contribution in [0.2, 0.25) is 0 Å². The number of nitrogens with zero attached hydrogens (tertiary/aromatic N) is 2. The smallest absolute Gasteiger partial charge is 0.350 e. The average molecular weight is 314 g/mol. The first-order chi connectivity index (χ1) is 10.3. The van der Waals surface area contributed by atoms with E-state index in [4.69, 9.17) is 0 Å². The normalized spacial score (nSPS) is 11.8. The van der Waals surface area contributed by atoms with Crippen LogP contribution in [0.5, 0.6) is 0 Å². The fraction of sp³-hybridized carbons (Fsp3) is 0.0833. The Balaban J connectivity index is 2.08. The molecule has 0 atom stereocenters. The van der Waals surface area contributed by atoms with Gasteiger partial charge in [-0.3, -0.25) is 4.79 Å². The first-order valence-corrected chi connectivity index (χ1v) is 5.84. The third kappa shape index (κ3) is 2.50. The second-order valence-electron chi connectivity index (χ2n) is 4.32. The first-order valence-electron chi connectivity index (χ1n) is 5.84. The minimum Gasteiger partial charge on any atom is -0.350 e. The molecule has 0 spiro atoms. The molecule has 0 aliphatic rings. The van der Waals surface area contributed by atoms with Gasteiger partial charge in [-0.15, -0.1) is 0 Å². The molecular weight excluding hydrogens is 308 g/mol. The SMILES string of the molecule is O=c1[nH]c2nonc2cc1Nc1ccc(F)cc1C(F)(F)F. The Morgan fingerprint density at radius 1 is 1.14 bits per heavy atom. The second-order valence-corrected chi connectivity index (χ2v) is 4.32. The molecule has 0 unspecified atom stereocenters. The van der Waals surface area contributed by atoms with Gasteiger partial charge in [0.2, 0.25) is 5.65 Å². The predicted molar refractivity (Wildman–Crippen MR) is 67.1 cm³/mol. The molecule has 0 bridgehead atoms. The molecule has 0 aliphatic heterocycles. The largest absolute Gasteiger partial charge is 0.418 e. The van der Waals surface area contributed by atoms with Crippen LogP contribution in [0.4, 0.5) is 28.9 Å². The molecule has 3 rings (SSSR count). The van der Waals surface area contributed by atoms with Crippen molar-refractivity contribution in [2.45, 2.75) is 6.18 Å². The molecule has 0 aliphatic carbocycles. The molecule has 2 N–H and O–H groups in total. The molecule has 0 saturated heterocycles. The Morgan fingerprint density at radius 3 is 2.64 bits per heavy atom. The summed E-state index contributed by atoms with van der Waals surface area (Å²) < 4.78 is 56.1. The lowest BCUT2D eigenvalue weighted by Crippen LogP contribution is -2.14. The molecule has 0 radical (unpaired) electrons. The van der Waals surface area contributed by atoms with E-state index in [2.05, 4.69) is 25.2 Å². The number of fused-ring (bicyclic) bond motifs is 1. The van der Waals surface area contributed by atoms with E-state index >= 15 is 0 Å². The molecule has 0 saturated carbocycles. The van der Waals surface area contributed by atoms with Crippen LogP contribution in [-0.4, -0.2) is 15.3 Å². The van der Waals surface area contributed by atoms with E-state index in [1.165, 1.54) is 6.07 Å². The number of benzene rings is 1. The topological polar surface area (TPSA) is 83.8 Å². The van der Waals surface area contributed by atoms with Crippen molar-refractivity contribution in [1.29, 1.82) is 0 Å². The summed E-state index contributed by atoms with van der Waals surface area (Å²) in [6.07, 6.45) is -4.78. The number of anilines is 2. The number of alkyl halides is 3. The van der Waals surface area contributed by atoms with Gasteiger partial charge in [0, 0.05) is 6.07 Å². The van der Waals surface area contributed by atoms with E-state index in [9.17, 15) is 22.4 Å². The molecule has 22 heavy (non-hydrogen) atoms. The van der Waals surface area contributed by atoms with Crippen LogP contribution in [0.25, 0.3) is 11.2 Å². The van der Waals surface area contributed by atoms with Crippen molar-refractivity contribution in [3.8, 4) is 0 Å². The van der Waals surface area contributed by atoms with Crippen LogP contribution >= 0.6 is 0 Å². The summed E-state index contributed by atoms with van der Waals surface area (Å²) in [5.74, 6) is -1.04. The predicted octanol–water partition coefficient (Wildman–Crippen LogP) is 2.81. The second kappa shape index (κ2) is 4.83. The third-order valence-corrected chi connectivity index (χ3v) is 2.83. The van der Waals surface area contributed by atoms with E-state index in [0.29, 0.717) is 6.07 Å². The van der Waals surface area contributed by atoms with E-state index < -0.39 is 28.8 Å². The fourth-order valence-corrected chi connectivity index (χ4v) is 1.85. The van der Waals surface area contributed by atoms with Gasteiger partial charge in [-0.05, 0) is 28.5 Å². The summed E-state index contributed by atoms with van der Waals surface area (Å²) >= 11 is 0. The Hall–Kier alpha value is -2.91. The van der Waals surface area contributed by atoms with Gasteiger partial charge in [0.1, 0.15) is 11.5 Å². The monoisotopic (exact) mass is 314 g/mol. The number of hydrogen-bond donors (Lipinski definition) is 2. The highest BCUT2D eigenvalue weighted by atomic mass is 19.4. The highest BCUT2D eigenvalue weighted by molar-refractivity contribution is 5.75. The van der Waals surface area contributed by atoms with Gasteiger partial charge in [0.15, 0.2) is 5.52 Å². The van der Waals surface area contributed by atoms with Crippen molar-refractivity contribution in [3.05, 3.63) is 46.0 Å². The van der Waals surface area contributed by atoms with E-state index in [0.717, 1.165) is 12.1 Å². The van der Waals surface area contributed by atoms with E-state index in [-0.39, 0.29) is 16.9 Å². The number of aromatic amines is 1. The molecule has 0 amide bonds. The minimum absolute atomic E-state index is 0.0608. The van der Waals surface area contributed by atoms with Crippen LogP contribution < -0.4 is 10.9 Å². The van der Waals surface area contributed by atoms with Crippen molar-refractivity contribution < 1.29 is 22.2 Å². The highest BCUT2D eigenvalue weighted by Gasteiger charge is 2.34. The van der Waals surface area contributed by atoms with Crippen LogP contribution in [-0.2, 0) is 6.18 Å². The highest BCUT2D eigenvalue weighted by Crippen LogP contribution is 2.36. The first kappa shape index (κ1) is 14.0. The standard InChI is InChI=1S/C12H6F4N4O2/c13-5-1-2-7(6(3-5)12(14,15)16)17-9-4-8-10(18-11(9)21)20-22-19-8/h1-4,17H,(H,18,20,21). The molecule has 2 heterocycles. The van der Waals surface area contributed by atoms with Crippen LogP contribution in [0.15, 0.2) is 33.7 Å². The van der Waals surface area contributed by atoms with Crippen LogP contribution in [0.3, 0.4) is 0 Å². The third-order valence-electron chi connectivity index (χ3n) is 2.83. The van der Waals surface area contributed by atoms with Crippen molar-refractivity contribution in [2.24, 2.45) is 0 Å². The van der Waals surface area contributed by atoms with E-state index in [1.807, 2.05) is 0 Å². The van der Waals surface area contributed by atoms with Crippen LogP contribution in [0, 0.1) is 5.82 Å². The van der Waals surface area contributed by atoms with Gasteiger partial charge >= 0.3 is 6.18 Å². The number of halogens is 4. The minimum atomic E-state index is -4.78. The number of rotatable bonds is 2. The zero-order valence-corrected chi connectivity index (χ0v) is 10.5. The summed E-state index contributed by atoms with van der Waals surface area (Å²) in [4.78, 5) is 14.1. The summed E-state index contributed by atoms with van der Waals surface area (Å²) in [5.41, 5.74) is -2.41. The van der Waals surface area contributed by atoms with Crippen molar-refractivity contribution in [1.82, 2.24) is 15.3 Å². The average Bonchev–Trinajstić information content (AvgIpc) is 2.87. The summed E-state index contributed by atoms with van der Waals surface area (Å²) in [5, 5.41) is 9.18. The molecule has 1 aromatic carbocycles. The van der Waals surface area contributed by atoms with Gasteiger partial charge < -0.3 is 10.3 Å². The Morgan fingerprint density at radius 2 is 1.91 bits per heavy atom. The molecule has 114 valence electrons. The molecule has 2 aromatic heterocycles. The van der Waals surface area contributed by atoms with Gasteiger partial charge in [-0.1, -0.05) is 0 Å². The maximum atomic E-state index is 13.0. The molecule has 0 fully saturated rings. The lowest BCUT2D eigenvalue weighted by Gasteiger charge is -2.14. The van der Waals surface area contributed by atoms with Crippen LogP contribution in [0.1, 0.15) is 5.56 Å².